The Morgan fingerprint density at radius 1 is 1.44 bits per heavy atom. The standard InChI is InChI=1S/C13H24N4O/c1-10-12(9-18)13(16(4)14-10)17-7-5-6-11(8-17)15(2)3/h11,18H,5-9H2,1-4H3. The quantitative estimate of drug-likeness (QED) is 0.862. The van der Waals surface area contributed by atoms with Crippen LogP contribution in [0.3, 0.4) is 0 Å². The van der Waals surface area contributed by atoms with E-state index in [0.29, 0.717) is 6.04 Å². The van der Waals surface area contributed by atoms with Gasteiger partial charge >= 0.3 is 0 Å². The van der Waals surface area contributed by atoms with Gasteiger partial charge < -0.3 is 14.9 Å². The van der Waals surface area contributed by atoms with Crippen LogP contribution in [0.5, 0.6) is 0 Å². The molecule has 2 heterocycles. The van der Waals surface area contributed by atoms with Crippen LogP contribution < -0.4 is 4.90 Å². The summed E-state index contributed by atoms with van der Waals surface area (Å²) < 4.78 is 1.90. The summed E-state index contributed by atoms with van der Waals surface area (Å²) in [6.45, 7) is 4.09. The van der Waals surface area contributed by atoms with E-state index in [1.165, 1.54) is 12.8 Å². The van der Waals surface area contributed by atoms with Crippen molar-refractivity contribution in [3.8, 4) is 0 Å². The molecular formula is C13H24N4O. The minimum atomic E-state index is 0.0676. The topological polar surface area (TPSA) is 44.5 Å². The maximum absolute atomic E-state index is 9.53. The molecule has 1 aromatic rings. The number of anilines is 1. The van der Waals surface area contributed by atoms with Gasteiger partial charge in [-0.2, -0.15) is 5.10 Å². The second kappa shape index (κ2) is 5.28. The number of hydrogen-bond donors (Lipinski definition) is 1. The molecule has 1 aliphatic rings. The number of nitrogens with zero attached hydrogens (tertiary/aromatic N) is 4. The SMILES string of the molecule is Cc1nn(C)c(N2CCCC(N(C)C)C2)c1CO. The Balaban J connectivity index is 2.25. The molecular weight excluding hydrogens is 228 g/mol. The van der Waals surface area contributed by atoms with Gasteiger partial charge in [0.1, 0.15) is 5.82 Å². The van der Waals surface area contributed by atoms with Crippen molar-refractivity contribution >= 4 is 5.82 Å². The van der Waals surface area contributed by atoms with E-state index in [2.05, 4.69) is 29.0 Å². The molecule has 0 aliphatic carbocycles. The van der Waals surface area contributed by atoms with Gasteiger partial charge in [-0.15, -0.1) is 0 Å². The normalized spacial score (nSPS) is 20.8. The van der Waals surface area contributed by atoms with Crippen LogP contribution in [-0.4, -0.2) is 53.0 Å². The van der Waals surface area contributed by atoms with Crippen molar-refractivity contribution in [3.05, 3.63) is 11.3 Å². The summed E-state index contributed by atoms with van der Waals surface area (Å²) >= 11 is 0. The van der Waals surface area contributed by atoms with E-state index in [1.54, 1.807) is 0 Å². The lowest BCUT2D eigenvalue weighted by molar-refractivity contribution is 0.255. The Kier molecular flexibility index (Phi) is 3.92. The first kappa shape index (κ1) is 13.4. The fourth-order valence-corrected chi connectivity index (χ4v) is 2.84. The zero-order valence-corrected chi connectivity index (χ0v) is 11.8. The van der Waals surface area contributed by atoms with Gasteiger partial charge in [0.25, 0.3) is 0 Å². The van der Waals surface area contributed by atoms with E-state index in [9.17, 15) is 5.11 Å². The Hall–Kier alpha value is -1.07. The molecule has 0 spiro atoms. The molecule has 102 valence electrons. The third-order valence-corrected chi connectivity index (χ3v) is 3.90. The lowest BCUT2D eigenvalue weighted by Crippen LogP contribution is -2.46. The highest BCUT2D eigenvalue weighted by Crippen LogP contribution is 2.27. The van der Waals surface area contributed by atoms with E-state index in [-0.39, 0.29) is 6.61 Å². The summed E-state index contributed by atoms with van der Waals surface area (Å²) in [5, 5.41) is 14.0. The van der Waals surface area contributed by atoms with Crippen LogP contribution in [-0.2, 0) is 13.7 Å². The van der Waals surface area contributed by atoms with Gasteiger partial charge in [-0.3, -0.25) is 4.68 Å². The Morgan fingerprint density at radius 2 is 2.17 bits per heavy atom. The van der Waals surface area contributed by atoms with Crippen molar-refractivity contribution in [1.29, 1.82) is 0 Å². The molecule has 0 aromatic carbocycles. The summed E-state index contributed by atoms with van der Waals surface area (Å²) in [7, 11) is 6.23. The van der Waals surface area contributed by atoms with Crippen LogP contribution in [0.15, 0.2) is 0 Å². The van der Waals surface area contributed by atoms with Crippen molar-refractivity contribution in [2.75, 3.05) is 32.1 Å². The molecule has 1 aliphatic heterocycles. The van der Waals surface area contributed by atoms with Crippen LogP contribution in [0.1, 0.15) is 24.1 Å². The number of hydrogen-bond acceptors (Lipinski definition) is 4. The summed E-state index contributed by atoms with van der Waals surface area (Å²) in [6.07, 6.45) is 2.44. The van der Waals surface area contributed by atoms with Crippen molar-refractivity contribution < 1.29 is 5.11 Å². The summed E-state index contributed by atoms with van der Waals surface area (Å²) in [6, 6.07) is 0.584. The fraction of sp³-hybridized carbons (Fsp3) is 0.769. The molecule has 0 bridgehead atoms. The zero-order chi connectivity index (χ0) is 13.3. The second-order valence-corrected chi connectivity index (χ2v) is 5.37. The number of piperidine rings is 1. The fourth-order valence-electron chi connectivity index (χ4n) is 2.84. The number of aliphatic hydroxyl groups is 1. The molecule has 1 atom stereocenters. The van der Waals surface area contributed by atoms with Gasteiger partial charge in [0.05, 0.1) is 12.3 Å². The smallest absolute Gasteiger partial charge is 0.132 e. The molecule has 0 saturated carbocycles. The minimum Gasteiger partial charge on any atom is -0.391 e. The first-order valence-corrected chi connectivity index (χ1v) is 6.59. The van der Waals surface area contributed by atoms with Gasteiger partial charge in [0, 0.05) is 31.7 Å². The van der Waals surface area contributed by atoms with E-state index in [0.717, 1.165) is 30.2 Å². The van der Waals surface area contributed by atoms with Gasteiger partial charge in [-0.1, -0.05) is 0 Å². The Morgan fingerprint density at radius 3 is 2.78 bits per heavy atom. The molecule has 1 N–H and O–H groups in total. The molecule has 1 unspecified atom stereocenters. The number of aromatic nitrogens is 2. The van der Waals surface area contributed by atoms with Gasteiger partial charge in [0.15, 0.2) is 0 Å². The number of likely N-dealkylation sites (N-methyl/N-ethyl adjacent to an activating group) is 1. The molecule has 0 amide bonds. The zero-order valence-electron chi connectivity index (χ0n) is 11.8. The van der Waals surface area contributed by atoms with E-state index >= 15 is 0 Å². The van der Waals surface area contributed by atoms with Crippen LogP contribution in [0.2, 0.25) is 0 Å². The highest BCUT2D eigenvalue weighted by molar-refractivity contribution is 5.50. The predicted molar refractivity (Wildman–Crippen MR) is 72.8 cm³/mol. The molecule has 2 rings (SSSR count). The average molecular weight is 252 g/mol. The van der Waals surface area contributed by atoms with Crippen LogP contribution in [0.4, 0.5) is 5.82 Å². The van der Waals surface area contributed by atoms with E-state index < -0.39 is 0 Å². The molecule has 1 saturated heterocycles. The first-order chi connectivity index (χ1) is 8.54. The van der Waals surface area contributed by atoms with Crippen molar-refractivity contribution in [3.63, 3.8) is 0 Å². The predicted octanol–water partition coefficient (Wildman–Crippen LogP) is 0.751. The largest absolute Gasteiger partial charge is 0.391 e. The molecule has 1 aromatic heterocycles. The third-order valence-electron chi connectivity index (χ3n) is 3.90. The monoisotopic (exact) mass is 252 g/mol. The van der Waals surface area contributed by atoms with Crippen LogP contribution >= 0.6 is 0 Å². The van der Waals surface area contributed by atoms with Crippen molar-refractivity contribution in [1.82, 2.24) is 14.7 Å². The lowest BCUT2D eigenvalue weighted by Gasteiger charge is -2.37. The van der Waals surface area contributed by atoms with Crippen LogP contribution in [0, 0.1) is 6.92 Å². The third kappa shape index (κ3) is 2.37. The maximum atomic E-state index is 9.53. The molecule has 5 heteroatoms. The van der Waals surface area contributed by atoms with Gasteiger partial charge in [0.2, 0.25) is 0 Å². The number of aliphatic hydroxyl groups excluding tert-OH is 1. The number of rotatable bonds is 3. The Bertz CT molecular complexity index is 413. The summed E-state index contributed by atoms with van der Waals surface area (Å²) in [4.78, 5) is 4.65. The van der Waals surface area contributed by atoms with Crippen molar-refractivity contribution in [2.24, 2.45) is 7.05 Å². The van der Waals surface area contributed by atoms with Gasteiger partial charge in [-0.25, -0.2) is 0 Å². The maximum Gasteiger partial charge on any atom is 0.132 e. The molecule has 0 radical (unpaired) electrons. The molecule has 5 nitrogen and oxygen atoms in total. The Labute approximate surface area is 109 Å². The highest BCUT2D eigenvalue weighted by atomic mass is 16.3. The van der Waals surface area contributed by atoms with E-state index in [1.807, 2.05) is 18.7 Å². The van der Waals surface area contributed by atoms with Crippen molar-refractivity contribution in [2.45, 2.75) is 32.4 Å². The summed E-state index contributed by atoms with van der Waals surface area (Å²) in [5.41, 5.74) is 1.90. The second-order valence-electron chi connectivity index (χ2n) is 5.37. The van der Waals surface area contributed by atoms with Gasteiger partial charge in [-0.05, 0) is 33.9 Å². The van der Waals surface area contributed by atoms with Crippen LogP contribution in [0.25, 0.3) is 0 Å². The van der Waals surface area contributed by atoms with E-state index in [4.69, 9.17) is 0 Å². The average Bonchev–Trinajstić information content (AvgIpc) is 2.63. The molecule has 18 heavy (non-hydrogen) atoms. The highest BCUT2D eigenvalue weighted by Gasteiger charge is 2.26. The number of aryl methyl sites for hydroxylation is 2. The molecule has 1 fully saturated rings. The minimum absolute atomic E-state index is 0.0676. The first-order valence-electron chi connectivity index (χ1n) is 6.59. The lowest BCUT2D eigenvalue weighted by atomic mass is 10.0. The summed E-state index contributed by atoms with van der Waals surface area (Å²) in [5.74, 6) is 1.08.